The largest absolute Gasteiger partial charge is 0.460 e. The molecule has 1 N–H and O–H groups in total. The van der Waals surface area contributed by atoms with Crippen LogP contribution in [-0.2, 0) is 20.9 Å². The van der Waals surface area contributed by atoms with E-state index in [1.54, 1.807) is 7.11 Å². The van der Waals surface area contributed by atoms with E-state index in [-0.39, 0.29) is 17.4 Å². The first-order chi connectivity index (χ1) is 9.23. The molecule has 102 valence electrons. The number of fused-ring (bicyclic) bond motifs is 1. The lowest BCUT2D eigenvalue weighted by molar-refractivity contribution is -0.147. The lowest BCUT2D eigenvalue weighted by Crippen LogP contribution is -2.35. The van der Waals surface area contributed by atoms with E-state index in [1.807, 2.05) is 30.3 Å². The fourth-order valence-electron chi connectivity index (χ4n) is 3.00. The SMILES string of the molecule is COC[C@]12C[C@@H](C(=O)OCc3ccccc3)N[C@H]1C2. The first kappa shape index (κ1) is 12.6. The van der Waals surface area contributed by atoms with Crippen LogP contribution in [0.25, 0.3) is 0 Å². The minimum Gasteiger partial charge on any atom is -0.460 e. The van der Waals surface area contributed by atoms with Crippen LogP contribution in [0.15, 0.2) is 30.3 Å². The molecular weight excluding hydrogens is 242 g/mol. The van der Waals surface area contributed by atoms with E-state index >= 15 is 0 Å². The predicted octanol–water partition coefficient (Wildman–Crippen LogP) is 1.50. The monoisotopic (exact) mass is 261 g/mol. The number of hydrogen-bond donors (Lipinski definition) is 1. The second kappa shape index (κ2) is 4.94. The van der Waals surface area contributed by atoms with Gasteiger partial charge in [0, 0.05) is 18.6 Å². The van der Waals surface area contributed by atoms with Crippen molar-refractivity contribution >= 4 is 5.97 Å². The number of benzene rings is 1. The van der Waals surface area contributed by atoms with Crippen LogP contribution in [0.2, 0.25) is 0 Å². The highest BCUT2D eigenvalue weighted by atomic mass is 16.5. The van der Waals surface area contributed by atoms with Crippen LogP contribution < -0.4 is 5.32 Å². The van der Waals surface area contributed by atoms with Gasteiger partial charge in [0.15, 0.2) is 0 Å². The molecule has 1 saturated heterocycles. The first-order valence-electron chi connectivity index (χ1n) is 6.69. The molecule has 4 nitrogen and oxygen atoms in total. The molecule has 0 spiro atoms. The molecule has 1 heterocycles. The third-order valence-electron chi connectivity index (χ3n) is 4.14. The van der Waals surface area contributed by atoms with Crippen LogP contribution in [0, 0.1) is 5.41 Å². The zero-order valence-corrected chi connectivity index (χ0v) is 11.1. The number of piperidine rings is 1. The molecule has 1 aromatic rings. The summed E-state index contributed by atoms with van der Waals surface area (Å²) < 4.78 is 10.6. The molecule has 1 aliphatic carbocycles. The molecule has 0 amide bonds. The Morgan fingerprint density at radius 2 is 2.16 bits per heavy atom. The van der Waals surface area contributed by atoms with Gasteiger partial charge in [-0.2, -0.15) is 0 Å². The van der Waals surface area contributed by atoms with E-state index in [0.29, 0.717) is 12.6 Å². The van der Waals surface area contributed by atoms with Gasteiger partial charge in [0.25, 0.3) is 0 Å². The van der Waals surface area contributed by atoms with Gasteiger partial charge in [-0.05, 0) is 18.4 Å². The number of nitrogens with one attached hydrogen (secondary N) is 1. The van der Waals surface area contributed by atoms with Crippen molar-refractivity contribution in [2.45, 2.75) is 31.5 Å². The number of esters is 1. The van der Waals surface area contributed by atoms with Gasteiger partial charge in [-0.3, -0.25) is 4.79 Å². The minimum absolute atomic E-state index is 0.147. The van der Waals surface area contributed by atoms with Gasteiger partial charge < -0.3 is 14.8 Å². The third kappa shape index (κ3) is 2.51. The Labute approximate surface area is 113 Å². The molecule has 0 aromatic heterocycles. The van der Waals surface area contributed by atoms with Crippen LogP contribution in [0.4, 0.5) is 0 Å². The molecule has 2 aliphatic rings. The van der Waals surface area contributed by atoms with Crippen molar-refractivity contribution < 1.29 is 14.3 Å². The van der Waals surface area contributed by atoms with Crippen molar-refractivity contribution in [3.05, 3.63) is 35.9 Å². The molecule has 19 heavy (non-hydrogen) atoms. The molecular formula is C15H19NO3. The Morgan fingerprint density at radius 1 is 1.37 bits per heavy atom. The summed E-state index contributed by atoms with van der Waals surface area (Å²) in [6.45, 7) is 1.08. The molecule has 3 rings (SSSR count). The van der Waals surface area contributed by atoms with Crippen molar-refractivity contribution in [1.82, 2.24) is 5.32 Å². The van der Waals surface area contributed by atoms with Crippen LogP contribution >= 0.6 is 0 Å². The van der Waals surface area contributed by atoms with E-state index in [9.17, 15) is 4.79 Å². The second-order valence-electron chi connectivity index (χ2n) is 5.57. The Morgan fingerprint density at radius 3 is 2.89 bits per heavy atom. The fraction of sp³-hybridized carbons (Fsp3) is 0.533. The molecule has 4 heteroatoms. The summed E-state index contributed by atoms with van der Waals surface area (Å²) in [4.78, 5) is 12.0. The van der Waals surface area contributed by atoms with Gasteiger partial charge in [-0.15, -0.1) is 0 Å². The van der Waals surface area contributed by atoms with Crippen molar-refractivity contribution in [3.63, 3.8) is 0 Å². The average Bonchev–Trinajstić information content (AvgIpc) is 2.98. The quantitative estimate of drug-likeness (QED) is 0.816. The molecule has 0 bridgehead atoms. The highest BCUT2D eigenvalue weighted by molar-refractivity contribution is 5.77. The predicted molar refractivity (Wildman–Crippen MR) is 70.5 cm³/mol. The third-order valence-corrected chi connectivity index (χ3v) is 4.14. The maximum absolute atomic E-state index is 12.0. The number of ether oxygens (including phenoxy) is 2. The molecule has 1 aromatic carbocycles. The van der Waals surface area contributed by atoms with Crippen LogP contribution in [0.3, 0.4) is 0 Å². The van der Waals surface area contributed by atoms with E-state index in [0.717, 1.165) is 25.0 Å². The summed E-state index contributed by atoms with van der Waals surface area (Å²) in [6.07, 6.45) is 1.95. The lowest BCUT2D eigenvalue weighted by atomic mass is 10.0. The molecule has 0 unspecified atom stereocenters. The molecule has 0 radical (unpaired) electrons. The number of carbonyl (C=O) groups excluding carboxylic acids is 1. The zero-order valence-electron chi connectivity index (χ0n) is 11.1. The Bertz CT molecular complexity index is 462. The highest BCUT2D eigenvalue weighted by Gasteiger charge is 2.61. The number of rotatable bonds is 5. The average molecular weight is 261 g/mol. The van der Waals surface area contributed by atoms with E-state index in [4.69, 9.17) is 9.47 Å². The Balaban J connectivity index is 1.50. The summed E-state index contributed by atoms with van der Waals surface area (Å²) in [5, 5.41) is 3.34. The fourth-order valence-corrected chi connectivity index (χ4v) is 3.00. The van der Waals surface area contributed by atoms with E-state index in [2.05, 4.69) is 5.32 Å². The minimum atomic E-state index is -0.169. The van der Waals surface area contributed by atoms with Crippen molar-refractivity contribution in [1.29, 1.82) is 0 Å². The van der Waals surface area contributed by atoms with Gasteiger partial charge in [-0.25, -0.2) is 0 Å². The van der Waals surface area contributed by atoms with Gasteiger partial charge in [0.2, 0.25) is 0 Å². The molecule has 3 atom stereocenters. The highest BCUT2D eigenvalue weighted by Crippen LogP contribution is 2.54. The van der Waals surface area contributed by atoms with Crippen molar-refractivity contribution in [2.24, 2.45) is 5.41 Å². The van der Waals surface area contributed by atoms with Gasteiger partial charge in [0.05, 0.1) is 6.61 Å². The number of methoxy groups -OCH3 is 1. The topological polar surface area (TPSA) is 47.6 Å². The Hall–Kier alpha value is -1.39. The summed E-state index contributed by atoms with van der Waals surface area (Å²) in [6, 6.07) is 10.0. The number of hydrogen-bond acceptors (Lipinski definition) is 4. The summed E-state index contributed by atoms with van der Waals surface area (Å²) >= 11 is 0. The maximum atomic E-state index is 12.0. The van der Waals surface area contributed by atoms with Crippen LogP contribution in [-0.4, -0.2) is 31.8 Å². The van der Waals surface area contributed by atoms with Gasteiger partial charge in [0.1, 0.15) is 12.6 Å². The van der Waals surface area contributed by atoms with E-state index in [1.165, 1.54) is 0 Å². The summed E-state index contributed by atoms with van der Waals surface area (Å²) in [7, 11) is 1.71. The Kier molecular flexibility index (Phi) is 3.29. The first-order valence-corrected chi connectivity index (χ1v) is 6.69. The van der Waals surface area contributed by atoms with Gasteiger partial charge >= 0.3 is 5.97 Å². The van der Waals surface area contributed by atoms with Crippen molar-refractivity contribution in [3.8, 4) is 0 Å². The van der Waals surface area contributed by atoms with Crippen LogP contribution in [0.5, 0.6) is 0 Å². The maximum Gasteiger partial charge on any atom is 0.323 e. The van der Waals surface area contributed by atoms with Gasteiger partial charge in [-0.1, -0.05) is 30.3 Å². The van der Waals surface area contributed by atoms with Crippen LogP contribution in [0.1, 0.15) is 18.4 Å². The molecule has 1 saturated carbocycles. The summed E-state index contributed by atoms with van der Waals surface area (Å²) in [5.74, 6) is -0.147. The summed E-state index contributed by atoms with van der Waals surface area (Å²) in [5.41, 5.74) is 1.20. The standard InChI is InChI=1S/C15H19NO3/c1-18-10-15-7-12(16-13(15)8-15)14(17)19-9-11-5-3-2-4-6-11/h2-6,12-13,16H,7-10H2,1H3/t12-,13-,15+/m0/s1. The number of carbonyl (C=O) groups is 1. The second-order valence-corrected chi connectivity index (χ2v) is 5.57. The molecule has 1 aliphatic heterocycles. The molecule has 2 fully saturated rings. The lowest BCUT2D eigenvalue weighted by Gasteiger charge is -2.15. The smallest absolute Gasteiger partial charge is 0.323 e. The van der Waals surface area contributed by atoms with E-state index < -0.39 is 0 Å². The zero-order chi connectivity index (χ0) is 13.3. The normalized spacial score (nSPS) is 31.8. The van der Waals surface area contributed by atoms with Crippen molar-refractivity contribution in [2.75, 3.05) is 13.7 Å².